The van der Waals surface area contributed by atoms with Gasteiger partial charge >= 0.3 is 0 Å². The molecule has 1 N–H and O–H groups in total. The number of pyridine rings is 1. The van der Waals surface area contributed by atoms with Gasteiger partial charge in [0, 0.05) is 18.7 Å². The molecule has 1 saturated heterocycles. The molecular formula is C18H21N3O2. The Kier molecular flexibility index (Phi) is 4.88. The van der Waals surface area contributed by atoms with Gasteiger partial charge in [-0.15, -0.1) is 0 Å². The Balaban J connectivity index is 1.74. The van der Waals surface area contributed by atoms with E-state index in [9.17, 15) is 10.0 Å². The van der Waals surface area contributed by atoms with Crippen LogP contribution in [0.5, 0.6) is 0 Å². The topological polar surface area (TPSA) is 59.3 Å². The van der Waals surface area contributed by atoms with Crippen molar-refractivity contribution in [3.05, 3.63) is 71.2 Å². The molecule has 1 fully saturated rings. The summed E-state index contributed by atoms with van der Waals surface area (Å²) in [6.45, 7) is 2.98. The van der Waals surface area contributed by atoms with E-state index in [1.165, 1.54) is 25.2 Å². The number of aromatic nitrogens is 1. The Labute approximate surface area is 136 Å². The van der Waals surface area contributed by atoms with Gasteiger partial charge in [-0.3, -0.25) is 4.79 Å². The van der Waals surface area contributed by atoms with Gasteiger partial charge in [-0.05, 0) is 31.5 Å². The molecular weight excluding hydrogens is 290 g/mol. The van der Waals surface area contributed by atoms with Gasteiger partial charge in [0.15, 0.2) is 12.4 Å². The molecule has 1 amide bonds. The minimum atomic E-state index is -0.154. The van der Waals surface area contributed by atoms with Crippen molar-refractivity contribution in [2.45, 2.75) is 18.9 Å². The number of hydrogen-bond acceptors (Lipinski definition) is 3. The van der Waals surface area contributed by atoms with Crippen LogP contribution in [0.3, 0.4) is 0 Å². The highest BCUT2D eigenvalue weighted by Gasteiger charge is 2.21. The van der Waals surface area contributed by atoms with Crippen LogP contribution in [0.4, 0.5) is 0 Å². The first-order valence-electron chi connectivity index (χ1n) is 7.99. The third-order valence-electron chi connectivity index (χ3n) is 4.21. The fourth-order valence-corrected chi connectivity index (χ4v) is 2.95. The summed E-state index contributed by atoms with van der Waals surface area (Å²) >= 11 is 0. The van der Waals surface area contributed by atoms with Crippen molar-refractivity contribution in [1.29, 1.82) is 0 Å². The zero-order valence-electron chi connectivity index (χ0n) is 13.0. The summed E-state index contributed by atoms with van der Waals surface area (Å²) in [6, 6.07) is 13.1. The van der Waals surface area contributed by atoms with Crippen LogP contribution in [-0.2, 0) is 0 Å². The molecule has 2 aromatic rings. The van der Waals surface area contributed by atoms with Gasteiger partial charge in [-0.25, -0.2) is 0 Å². The average molecular weight is 311 g/mol. The van der Waals surface area contributed by atoms with E-state index in [2.05, 4.69) is 10.2 Å². The maximum absolute atomic E-state index is 12.5. The van der Waals surface area contributed by atoms with Crippen molar-refractivity contribution in [1.82, 2.24) is 10.2 Å². The van der Waals surface area contributed by atoms with E-state index < -0.39 is 0 Å². The number of carbonyl (C=O) groups is 1. The molecule has 0 aliphatic carbocycles. The minimum absolute atomic E-state index is 0.0543. The summed E-state index contributed by atoms with van der Waals surface area (Å²) in [7, 11) is 0. The molecule has 5 nitrogen and oxygen atoms in total. The summed E-state index contributed by atoms with van der Waals surface area (Å²) in [5, 5.41) is 14.2. The zero-order chi connectivity index (χ0) is 16.1. The Hall–Kier alpha value is -2.40. The molecule has 0 bridgehead atoms. The summed E-state index contributed by atoms with van der Waals surface area (Å²) in [5.41, 5.74) is 1.60. The predicted molar refractivity (Wildman–Crippen MR) is 87.7 cm³/mol. The van der Waals surface area contributed by atoms with E-state index in [4.69, 9.17) is 0 Å². The van der Waals surface area contributed by atoms with Crippen molar-refractivity contribution in [2.75, 3.05) is 19.6 Å². The van der Waals surface area contributed by atoms with Crippen molar-refractivity contribution in [2.24, 2.45) is 0 Å². The number of benzene rings is 1. The van der Waals surface area contributed by atoms with Crippen molar-refractivity contribution in [3.8, 4) is 0 Å². The molecule has 1 unspecified atom stereocenters. The Morgan fingerprint density at radius 3 is 2.43 bits per heavy atom. The lowest BCUT2D eigenvalue weighted by atomic mass is 10.1. The Bertz CT molecular complexity index is 637. The lowest BCUT2D eigenvalue weighted by Gasteiger charge is -2.25. The van der Waals surface area contributed by atoms with Crippen LogP contribution in [0.15, 0.2) is 54.9 Å². The number of hydrogen-bond donors (Lipinski definition) is 1. The number of amides is 1. The van der Waals surface area contributed by atoms with Gasteiger partial charge in [-0.2, -0.15) is 4.73 Å². The van der Waals surface area contributed by atoms with Gasteiger partial charge in [0.05, 0.1) is 11.6 Å². The van der Waals surface area contributed by atoms with E-state index in [0.717, 1.165) is 25.2 Å². The number of nitrogens with one attached hydrogen (secondary N) is 1. The van der Waals surface area contributed by atoms with Gasteiger partial charge < -0.3 is 15.4 Å². The highest BCUT2D eigenvalue weighted by atomic mass is 16.5. The van der Waals surface area contributed by atoms with Crippen LogP contribution in [-0.4, -0.2) is 30.4 Å². The second-order valence-corrected chi connectivity index (χ2v) is 5.89. The van der Waals surface area contributed by atoms with E-state index in [-0.39, 0.29) is 11.9 Å². The quantitative estimate of drug-likeness (QED) is 0.677. The normalized spacial score (nSPS) is 16.2. The van der Waals surface area contributed by atoms with Crippen LogP contribution >= 0.6 is 0 Å². The fraction of sp³-hybridized carbons (Fsp3) is 0.333. The molecule has 1 aromatic heterocycles. The van der Waals surface area contributed by atoms with E-state index >= 15 is 0 Å². The maximum atomic E-state index is 12.5. The van der Waals surface area contributed by atoms with E-state index in [0.29, 0.717) is 10.3 Å². The number of carbonyl (C=O) groups excluding carboxylic acids is 1. The SMILES string of the molecule is O=C(NC(CN1CCCC1)c1ccccc1)c1cc[n+]([O-])cc1. The molecule has 0 radical (unpaired) electrons. The van der Waals surface area contributed by atoms with Gasteiger partial charge in [0.1, 0.15) is 0 Å². The summed E-state index contributed by atoms with van der Waals surface area (Å²) < 4.78 is 0.676. The van der Waals surface area contributed by atoms with Gasteiger partial charge in [-0.1, -0.05) is 30.3 Å². The molecule has 1 atom stereocenters. The molecule has 1 aromatic carbocycles. The smallest absolute Gasteiger partial charge is 0.252 e. The van der Waals surface area contributed by atoms with E-state index in [1.807, 2.05) is 30.3 Å². The first-order chi connectivity index (χ1) is 11.2. The standard InChI is InChI=1S/C18H21N3O2/c22-18(16-8-12-21(23)13-9-16)19-17(14-20-10-4-5-11-20)15-6-2-1-3-7-15/h1-3,6-9,12-13,17H,4-5,10-11,14H2,(H,19,22). The lowest BCUT2D eigenvalue weighted by molar-refractivity contribution is -0.605. The van der Waals surface area contributed by atoms with Gasteiger partial charge in [0.2, 0.25) is 0 Å². The van der Waals surface area contributed by atoms with Crippen LogP contribution < -0.4 is 10.0 Å². The summed E-state index contributed by atoms with van der Waals surface area (Å²) in [6.07, 6.45) is 5.12. The molecule has 120 valence electrons. The largest absolute Gasteiger partial charge is 0.619 e. The van der Waals surface area contributed by atoms with Crippen LogP contribution in [0, 0.1) is 5.21 Å². The van der Waals surface area contributed by atoms with E-state index in [1.54, 1.807) is 12.1 Å². The second-order valence-electron chi connectivity index (χ2n) is 5.89. The number of rotatable bonds is 5. The monoisotopic (exact) mass is 311 g/mol. The molecule has 1 aliphatic rings. The maximum Gasteiger partial charge on any atom is 0.252 e. The second kappa shape index (κ2) is 7.24. The van der Waals surface area contributed by atoms with Crippen molar-refractivity contribution in [3.63, 3.8) is 0 Å². The lowest BCUT2D eigenvalue weighted by Crippen LogP contribution is -2.37. The van der Waals surface area contributed by atoms with Crippen molar-refractivity contribution >= 4 is 5.91 Å². The third kappa shape index (κ3) is 4.07. The summed E-state index contributed by atoms with van der Waals surface area (Å²) in [4.78, 5) is 14.9. The van der Waals surface area contributed by atoms with Crippen LogP contribution in [0.2, 0.25) is 0 Å². The van der Waals surface area contributed by atoms with Crippen LogP contribution in [0.25, 0.3) is 0 Å². The average Bonchev–Trinajstić information content (AvgIpc) is 3.09. The number of nitrogens with zero attached hydrogens (tertiary/aromatic N) is 2. The highest BCUT2D eigenvalue weighted by molar-refractivity contribution is 5.94. The Morgan fingerprint density at radius 2 is 1.78 bits per heavy atom. The molecule has 0 saturated carbocycles. The first-order valence-corrected chi connectivity index (χ1v) is 7.99. The zero-order valence-corrected chi connectivity index (χ0v) is 13.0. The predicted octanol–water partition coefficient (Wildman–Crippen LogP) is 1.89. The molecule has 23 heavy (non-hydrogen) atoms. The first kappa shape index (κ1) is 15.5. The van der Waals surface area contributed by atoms with Gasteiger partial charge in [0.25, 0.3) is 5.91 Å². The fourth-order valence-electron chi connectivity index (χ4n) is 2.95. The Morgan fingerprint density at radius 1 is 1.13 bits per heavy atom. The highest BCUT2D eigenvalue weighted by Crippen LogP contribution is 2.18. The number of likely N-dealkylation sites (tertiary alicyclic amines) is 1. The minimum Gasteiger partial charge on any atom is -0.619 e. The van der Waals surface area contributed by atoms with Crippen LogP contribution in [0.1, 0.15) is 34.8 Å². The summed E-state index contributed by atoms with van der Waals surface area (Å²) in [5.74, 6) is -0.154. The third-order valence-corrected chi connectivity index (χ3v) is 4.21. The molecule has 1 aliphatic heterocycles. The molecule has 5 heteroatoms. The van der Waals surface area contributed by atoms with Crippen molar-refractivity contribution < 1.29 is 9.52 Å². The molecule has 2 heterocycles. The molecule has 0 spiro atoms. The molecule has 3 rings (SSSR count).